The SMILES string of the molecule is CCOC(=O)C=C(C)N[C@@H](Cc1ccccc1)C(=O)[O-].[K+]. The summed E-state index contributed by atoms with van der Waals surface area (Å²) in [5.41, 5.74) is 1.30. The van der Waals surface area contributed by atoms with Crippen molar-refractivity contribution in [1.82, 2.24) is 5.32 Å². The summed E-state index contributed by atoms with van der Waals surface area (Å²) in [5.74, 6) is -1.72. The molecule has 0 unspecified atom stereocenters. The summed E-state index contributed by atoms with van der Waals surface area (Å²) in [6.45, 7) is 3.59. The van der Waals surface area contributed by atoms with Crippen LogP contribution in [0.5, 0.6) is 0 Å². The number of aliphatic carboxylic acids is 1. The summed E-state index contributed by atoms with van der Waals surface area (Å²) in [6, 6.07) is 8.30. The van der Waals surface area contributed by atoms with Crippen LogP contribution in [0.3, 0.4) is 0 Å². The second kappa shape index (κ2) is 11.0. The average molecular weight is 315 g/mol. The van der Waals surface area contributed by atoms with Gasteiger partial charge in [-0.15, -0.1) is 0 Å². The Hall–Kier alpha value is -0.664. The van der Waals surface area contributed by atoms with Crippen molar-refractivity contribution in [3.63, 3.8) is 0 Å². The largest absolute Gasteiger partial charge is 1.00 e. The minimum absolute atomic E-state index is 0. The number of carboxylic acid groups (broad SMARTS) is 1. The number of esters is 1. The minimum atomic E-state index is -1.22. The van der Waals surface area contributed by atoms with Crippen molar-refractivity contribution in [1.29, 1.82) is 0 Å². The van der Waals surface area contributed by atoms with Gasteiger partial charge in [0.15, 0.2) is 0 Å². The second-order valence-corrected chi connectivity index (χ2v) is 4.29. The molecule has 0 saturated carbocycles. The van der Waals surface area contributed by atoms with Crippen molar-refractivity contribution < 1.29 is 70.8 Å². The minimum Gasteiger partial charge on any atom is -0.548 e. The molecule has 0 spiro atoms. The van der Waals surface area contributed by atoms with Crippen molar-refractivity contribution in [2.75, 3.05) is 6.61 Å². The first kappa shape index (κ1) is 20.3. The maximum atomic E-state index is 11.3. The van der Waals surface area contributed by atoms with E-state index in [4.69, 9.17) is 4.74 Å². The molecule has 0 amide bonds. The molecule has 1 aromatic carbocycles. The normalized spacial score (nSPS) is 12.0. The van der Waals surface area contributed by atoms with Gasteiger partial charge in [0.05, 0.1) is 18.6 Å². The zero-order chi connectivity index (χ0) is 15.0. The van der Waals surface area contributed by atoms with Crippen LogP contribution in [0.1, 0.15) is 19.4 Å². The molecule has 0 radical (unpaired) electrons. The third-order valence-corrected chi connectivity index (χ3v) is 2.59. The number of carbonyl (C=O) groups is 2. The maximum Gasteiger partial charge on any atom is 1.00 e. The van der Waals surface area contributed by atoms with Crippen LogP contribution >= 0.6 is 0 Å². The van der Waals surface area contributed by atoms with E-state index in [1.165, 1.54) is 6.08 Å². The summed E-state index contributed by atoms with van der Waals surface area (Å²) in [5, 5.41) is 13.9. The average Bonchev–Trinajstić information content (AvgIpc) is 2.39. The Kier molecular flexibility index (Phi) is 10.6. The molecule has 5 nitrogen and oxygen atoms in total. The summed E-state index contributed by atoms with van der Waals surface area (Å²) < 4.78 is 4.75. The van der Waals surface area contributed by atoms with E-state index in [0.29, 0.717) is 5.70 Å². The smallest absolute Gasteiger partial charge is 0.548 e. The molecule has 6 heteroatoms. The zero-order valence-electron chi connectivity index (χ0n) is 12.6. The number of benzene rings is 1. The van der Waals surface area contributed by atoms with Gasteiger partial charge in [0, 0.05) is 11.8 Å². The molecule has 108 valence electrons. The topological polar surface area (TPSA) is 78.5 Å². The first-order valence-electron chi connectivity index (χ1n) is 6.39. The Morgan fingerprint density at radius 1 is 1.33 bits per heavy atom. The number of allylic oxidation sites excluding steroid dienone is 1. The van der Waals surface area contributed by atoms with Crippen LogP contribution in [0.2, 0.25) is 0 Å². The summed E-state index contributed by atoms with van der Waals surface area (Å²) in [7, 11) is 0. The van der Waals surface area contributed by atoms with E-state index in [-0.39, 0.29) is 64.4 Å². The van der Waals surface area contributed by atoms with Crippen LogP contribution in [-0.2, 0) is 20.7 Å². The zero-order valence-corrected chi connectivity index (χ0v) is 15.7. The molecule has 0 aliphatic rings. The number of nitrogens with one attached hydrogen (secondary N) is 1. The molecule has 0 saturated heterocycles. The van der Waals surface area contributed by atoms with E-state index in [9.17, 15) is 14.7 Å². The van der Waals surface area contributed by atoms with Crippen molar-refractivity contribution >= 4 is 11.9 Å². The van der Waals surface area contributed by atoms with E-state index in [1.54, 1.807) is 13.8 Å². The number of carbonyl (C=O) groups excluding carboxylic acids is 2. The predicted octanol–water partition coefficient (Wildman–Crippen LogP) is -2.59. The van der Waals surface area contributed by atoms with Gasteiger partial charge in [0.25, 0.3) is 0 Å². The standard InChI is InChI=1S/C15H19NO4.K/c1-3-20-14(17)9-11(2)16-13(15(18)19)10-12-7-5-4-6-8-12;/h4-9,13,16H,3,10H2,1-2H3,(H,18,19);/q;+1/p-1/t13-;/m0./s1. The van der Waals surface area contributed by atoms with Gasteiger partial charge in [0.1, 0.15) is 0 Å². The Bertz CT molecular complexity index is 488. The van der Waals surface area contributed by atoms with Crippen LogP contribution in [0.4, 0.5) is 0 Å². The second-order valence-electron chi connectivity index (χ2n) is 4.29. The van der Waals surface area contributed by atoms with Crippen LogP contribution < -0.4 is 61.8 Å². The van der Waals surface area contributed by atoms with E-state index in [0.717, 1.165) is 5.56 Å². The third kappa shape index (κ3) is 8.38. The van der Waals surface area contributed by atoms with Crippen LogP contribution in [0, 0.1) is 0 Å². The van der Waals surface area contributed by atoms with Crippen molar-refractivity contribution in [3.05, 3.63) is 47.7 Å². The fourth-order valence-corrected chi connectivity index (χ4v) is 1.72. The van der Waals surface area contributed by atoms with Gasteiger partial charge in [-0.25, -0.2) is 4.79 Å². The molecule has 0 fully saturated rings. The third-order valence-electron chi connectivity index (χ3n) is 2.59. The molecule has 0 bridgehead atoms. The Balaban J connectivity index is 0.00000400. The Morgan fingerprint density at radius 2 is 1.95 bits per heavy atom. The molecule has 0 aliphatic carbocycles. The van der Waals surface area contributed by atoms with E-state index >= 15 is 0 Å². The van der Waals surface area contributed by atoms with E-state index < -0.39 is 18.0 Å². The van der Waals surface area contributed by atoms with Crippen molar-refractivity contribution in [3.8, 4) is 0 Å². The molecular formula is C15H18KNO4. The van der Waals surface area contributed by atoms with Crippen LogP contribution in [0.15, 0.2) is 42.1 Å². The predicted molar refractivity (Wildman–Crippen MR) is 72.5 cm³/mol. The molecule has 0 aliphatic heterocycles. The summed E-state index contributed by atoms with van der Waals surface area (Å²) in [4.78, 5) is 22.4. The molecule has 1 rings (SSSR count). The van der Waals surface area contributed by atoms with Crippen molar-refractivity contribution in [2.45, 2.75) is 26.3 Å². The number of hydrogen-bond donors (Lipinski definition) is 1. The first-order valence-corrected chi connectivity index (χ1v) is 6.39. The molecular weight excluding hydrogens is 297 g/mol. The number of carboxylic acids is 1. The van der Waals surface area contributed by atoms with Crippen molar-refractivity contribution in [2.24, 2.45) is 0 Å². The van der Waals surface area contributed by atoms with E-state index in [2.05, 4.69) is 5.32 Å². The van der Waals surface area contributed by atoms with Gasteiger partial charge in [-0.2, -0.15) is 0 Å². The fraction of sp³-hybridized carbons (Fsp3) is 0.333. The number of rotatable bonds is 7. The van der Waals surface area contributed by atoms with Crippen LogP contribution in [0.25, 0.3) is 0 Å². The van der Waals surface area contributed by atoms with Gasteiger partial charge < -0.3 is 20.0 Å². The Morgan fingerprint density at radius 3 is 2.48 bits per heavy atom. The molecule has 21 heavy (non-hydrogen) atoms. The Labute approximate surface area is 167 Å². The fourth-order valence-electron chi connectivity index (χ4n) is 1.72. The molecule has 1 aromatic rings. The molecule has 1 N–H and O–H groups in total. The molecule has 0 heterocycles. The van der Waals surface area contributed by atoms with Gasteiger partial charge in [-0.1, -0.05) is 30.3 Å². The first-order chi connectivity index (χ1) is 9.52. The monoisotopic (exact) mass is 315 g/mol. The van der Waals surface area contributed by atoms with E-state index in [1.807, 2.05) is 30.3 Å². The van der Waals surface area contributed by atoms with Gasteiger partial charge in [-0.3, -0.25) is 0 Å². The molecule has 0 aromatic heterocycles. The molecule has 1 atom stereocenters. The quantitative estimate of drug-likeness (QED) is 0.339. The summed E-state index contributed by atoms with van der Waals surface area (Å²) >= 11 is 0. The number of hydrogen-bond acceptors (Lipinski definition) is 5. The van der Waals surface area contributed by atoms with Crippen LogP contribution in [-0.4, -0.2) is 24.6 Å². The maximum absolute atomic E-state index is 11.3. The number of ether oxygens (including phenoxy) is 1. The summed E-state index contributed by atoms with van der Waals surface area (Å²) in [6.07, 6.45) is 1.50. The van der Waals surface area contributed by atoms with Gasteiger partial charge >= 0.3 is 57.4 Å². The van der Waals surface area contributed by atoms with Gasteiger partial charge in [-0.05, 0) is 25.8 Å². The van der Waals surface area contributed by atoms with Gasteiger partial charge in [0.2, 0.25) is 0 Å².